The van der Waals surface area contributed by atoms with E-state index < -0.39 is 44.5 Å². The van der Waals surface area contributed by atoms with Crippen LogP contribution in [0, 0.1) is 0 Å². The van der Waals surface area contributed by atoms with Crippen LogP contribution in [0.3, 0.4) is 0 Å². The Hall–Kier alpha value is -0.0886. The second kappa shape index (κ2) is 7.65. The third-order valence-electron chi connectivity index (χ3n) is 3.38. The zero-order valence-corrected chi connectivity index (χ0v) is 17.4. The van der Waals surface area contributed by atoms with Crippen LogP contribution < -0.4 is 5.56 Å². The summed E-state index contributed by atoms with van der Waals surface area (Å²) in [5.74, 6) is 0. The average Bonchev–Trinajstić information content (AvgIpc) is 3.01. The number of rotatable bonds is 4. The van der Waals surface area contributed by atoms with Crippen LogP contribution in [0.25, 0.3) is 11.2 Å². The van der Waals surface area contributed by atoms with E-state index in [1.165, 1.54) is 10.9 Å². The summed E-state index contributed by atoms with van der Waals surface area (Å²) in [7, 11) is -4.74. The summed E-state index contributed by atoms with van der Waals surface area (Å²) in [6, 6.07) is 0. The van der Waals surface area contributed by atoms with E-state index in [4.69, 9.17) is 14.5 Å². The number of hydrogen-bond acceptors (Lipinski definition) is 8. The molecule has 12 nitrogen and oxygen atoms in total. The molecule has 2 aromatic heterocycles. The Labute approximate surface area is 174 Å². The van der Waals surface area contributed by atoms with Gasteiger partial charge in [-0.2, -0.15) is 0 Å². The zero-order chi connectivity index (χ0) is 16.8. The van der Waals surface area contributed by atoms with E-state index in [0.717, 1.165) is 6.33 Å². The molecular formula is C10H13BaN4O8P. The van der Waals surface area contributed by atoms with Gasteiger partial charge in [-0.05, 0) is 0 Å². The normalized spacial score (nSPS) is 27.3. The maximum atomic E-state index is 11.6. The number of aromatic amines is 1. The molecule has 3 rings (SSSR count). The van der Waals surface area contributed by atoms with Crippen molar-refractivity contribution in [2.24, 2.45) is 0 Å². The number of phosphoric acid groups is 1. The van der Waals surface area contributed by atoms with Crippen LogP contribution in [-0.4, -0.2) is 113 Å². The molecule has 0 aromatic carbocycles. The van der Waals surface area contributed by atoms with Crippen LogP contribution in [0.2, 0.25) is 0 Å². The Bertz CT molecular complexity index is 821. The van der Waals surface area contributed by atoms with Crippen molar-refractivity contribution in [1.29, 1.82) is 0 Å². The summed E-state index contributed by atoms with van der Waals surface area (Å²) < 4.78 is 21.6. The number of imidazole rings is 1. The Morgan fingerprint density at radius 3 is 2.71 bits per heavy atom. The van der Waals surface area contributed by atoms with Gasteiger partial charge in [0.25, 0.3) is 5.56 Å². The molecule has 3 heterocycles. The number of aromatic nitrogens is 4. The molecule has 0 spiro atoms. The van der Waals surface area contributed by atoms with Crippen molar-refractivity contribution in [3.63, 3.8) is 0 Å². The first-order valence-electron chi connectivity index (χ1n) is 6.40. The van der Waals surface area contributed by atoms with Gasteiger partial charge in [0, 0.05) is 48.9 Å². The van der Waals surface area contributed by atoms with Crippen LogP contribution in [0.5, 0.6) is 0 Å². The smallest absolute Gasteiger partial charge is 0.387 e. The number of phosphoric ester groups is 1. The Morgan fingerprint density at radius 1 is 1.33 bits per heavy atom. The molecule has 1 aliphatic rings. The number of H-pyrrole nitrogens is 1. The van der Waals surface area contributed by atoms with Crippen molar-refractivity contribution < 1.29 is 33.8 Å². The molecule has 1 fully saturated rings. The van der Waals surface area contributed by atoms with Crippen molar-refractivity contribution in [3.8, 4) is 0 Å². The van der Waals surface area contributed by atoms with E-state index in [0.29, 0.717) is 0 Å². The van der Waals surface area contributed by atoms with Crippen molar-refractivity contribution in [2.45, 2.75) is 24.5 Å². The van der Waals surface area contributed by atoms with E-state index in [-0.39, 0.29) is 60.0 Å². The number of ether oxygens (including phenoxy) is 1. The predicted molar refractivity (Wildman–Crippen MR) is 77.8 cm³/mol. The van der Waals surface area contributed by atoms with Crippen molar-refractivity contribution >= 4 is 67.9 Å². The minimum atomic E-state index is -4.74. The monoisotopic (exact) mass is 486 g/mol. The molecule has 1 aliphatic heterocycles. The molecule has 0 unspecified atom stereocenters. The first-order valence-corrected chi connectivity index (χ1v) is 7.93. The molecule has 0 bridgehead atoms. The van der Waals surface area contributed by atoms with Gasteiger partial charge in [0.1, 0.15) is 18.3 Å². The second-order valence-electron chi connectivity index (χ2n) is 4.89. The third-order valence-corrected chi connectivity index (χ3v) is 3.87. The summed E-state index contributed by atoms with van der Waals surface area (Å²) in [4.78, 5) is 39.1. The minimum Gasteiger partial charge on any atom is -0.387 e. The molecule has 2 aromatic rings. The van der Waals surface area contributed by atoms with Gasteiger partial charge in [0.05, 0.1) is 19.3 Å². The van der Waals surface area contributed by atoms with Crippen LogP contribution in [0.4, 0.5) is 0 Å². The fraction of sp³-hybridized carbons (Fsp3) is 0.500. The van der Waals surface area contributed by atoms with Crippen molar-refractivity contribution in [1.82, 2.24) is 19.5 Å². The molecule has 128 valence electrons. The van der Waals surface area contributed by atoms with Gasteiger partial charge in [-0.1, -0.05) is 0 Å². The molecule has 14 heteroatoms. The molecule has 0 amide bonds. The summed E-state index contributed by atoms with van der Waals surface area (Å²) in [6.07, 6.45) is -2.85. The fourth-order valence-electron chi connectivity index (χ4n) is 2.32. The van der Waals surface area contributed by atoms with Crippen molar-refractivity contribution in [3.05, 3.63) is 23.0 Å². The minimum absolute atomic E-state index is 0. The predicted octanol–water partition coefficient (Wildman–Crippen LogP) is -2.53. The number of hydrogen-bond donors (Lipinski definition) is 5. The van der Waals surface area contributed by atoms with E-state index in [1.54, 1.807) is 0 Å². The van der Waals surface area contributed by atoms with Gasteiger partial charge in [0.2, 0.25) is 0 Å². The van der Waals surface area contributed by atoms with Crippen LogP contribution in [0.1, 0.15) is 6.23 Å². The van der Waals surface area contributed by atoms with Gasteiger partial charge in [0.15, 0.2) is 17.4 Å². The number of aliphatic hydroxyl groups is 2. The summed E-state index contributed by atoms with van der Waals surface area (Å²) in [5.41, 5.74) is -0.336. The quantitative estimate of drug-likeness (QED) is 0.229. The number of aliphatic hydroxyl groups excluding tert-OH is 2. The third kappa shape index (κ3) is 4.01. The molecule has 5 N–H and O–H groups in total. The standard InChI is InChI=1S/C10H13N4O8P.Ba/c15-6-4(1-21-23(18,19)20)22-10(7(6)16)14-3-13-5-8(14)11-2-12-9(5)17;/h2-4,6-7,10,15-16H,1H2,(H,11,12,17)(H2,18,19,20);/t4-,6-,7-,10-;/m1./s1. The number of fused-ring (bicyclic) bond motifs is 1. The largest absolute Gasteiger partial charge is 0.469 e. The topological polar surface area (TPSA) is 180 Å². The van der Waals surface area contributed by atoms with E-state index in [2.05, 4.69) is 19.5 Å². The van der Waals surface area contributed by atoms with E-state index in [9.17, 15) is 19.6 Å². The first-order chi connectivity index (χ1) is 10.8. The van der Waals surface area contributed by atoms with Crippen LogP contribution in [0.15, 0.2) is 17.4 Å². The van der Waals surface area contributed by atoms with Crippen LogP contribution in [-0.2, 0) is 13.8 Å². The fourth-order valence-corrected chi connectivity index (χ4v) is 2.66. The molecule has 0 saturated carbocycles. The Kier molecular flexibility index (Phi) is 6.45. The first kappa shape index (κ1) is 20.2. The Morgan fingerprint density at radius 2 is 2.04 bits per heavy atom. The SMILES string of the molecule is O=c1[nH]cnc2c1ncn2[C@@H]1O[C@H](COP(=O)(O)O)[C@@H](O)[C@H]1O.[Ba]. The average molecular weight is 486 g/mol. The van der Waals surface area contributed by atoms with Gasteiger partial charge in [-0.25, -0.2) is 14.5 Å². The van der Waals surface area contributed by atoms with E-state index in [1.807, 2.05) is 0 Å². The number of nitrogens with zero attached hydrogens (tertiary/aromatic N) is 3. The molecule has 2 radical (unpaired) electrons. The zero-order valence-electron chi connectivity index (χ0n) is 12.1. The maximum Gasteiger partial charge on any atom is 0.469 e. The summed E-state index contributed by atoms with van der Waals surface area (Å²) >= 11 is 0. The summed E-state index contributed by atoms with van der Waals surface area (Å²) in [5, 5.41) is 20.0. The maximum absolute atomic E-state index is 11.6. The van der Waals surface area contributed by atoms with Gasteiger partial charge < -0.3 is 29.7 Å². The second-order valence-corrected chi connectivity index (χ2v) is 6.13. The van der Waals surface area contributed by atoms with E-state index >= 15 is 0 Å². The van der Waals surface area contributed by atoms with Crippen LogP contribution >= 0.6 is 7.82 Å². The number of nitrogens with one attached hydrogen (secondary N) is 1. The van der Waals surface area contributed by atoms with Gasteiger partial charge in [-0.3, -0.25) is 13.9 Å². The van der Waals surface area contributed by atoms with Gasteiger partial charge in [-0.15, -0.1) is 0 Å². The molecular weight excluding hydrogens is 472 g/mol. The molecule has 24 heavy (non-hydrogen) atoms. The molecule has 4 atom stereocenters. The van der Waals surface area contributed by atoms with Gasteiger partial charge >= 0.3 is 7.82 Å². The molecule has 0 aliphatic carbocycles. The Balaban J connectivity index is 0.00000208. The summed E-state index contributed by atoms with van der Waals surface area (Å²) in [6.45, 7) is -0.625. The van der Waals surface area contributed by atoms with Crippen molar-refractivity contribution in [2.75, 3.05) is 6.61 Å². The molecule has 1 saturated heterocycles.